The molecular formula is C14H20O2. The van der Waals surface area contributed by atoms with Gasteiger partial charge in [-0.1, -0.05) is 38.8 Å². The summed E-state index contributed by atoms with van der Waals surface area (Å²) in [6.07, 6.45) is 4.20. The highest BCUT2D eigenvalue weighted by Crippen LogP contribution is 2.07. The maximum Gasteiger partial charge on any atom is 0.338 e. The van der Waals surface area contributed by atoms with Crippen molar-refractivity contribution in [2.24, 2.45) is 0 Å². The molecule has 0 spiro atoms. The van der Waals surface area contributed by atoms with Crippen molar-refractivity contribution < 1.29 is 9.53 Å². The van der Waals surface area contributed by atoms with Crippen LogP contribution in [0.5, 0.6) is 0 Å². The zero-order chi connectivity index (χ0) is 11.8. The first-order chi connectivity index (χ1) is 7.77. The van der Waals surface area contributed by atoms with Crippen molar-refractivity contribution in [1.29, 1.82) is 0 Å². The quantitative estimate of drug-likeness (QED) is 0.541. The Kier molecular flexibility index (Phi) is 5.62. The average molecular weight is 220 g/mol. The van der Waals surface area contributed by atoms with Gasteiger partial charge in [0.1, 0.15) is 0 Å². The van der Waals surface area contributed by atoms with Gasteiger partial charge in [0.05, 0.1) is 12.2 Å². The Morgan fingerprint density at radius 3 is 2.38 bits per heavy atom. The Balaban J connectivity index is 2.40. The van der Waals surface area contributed by atoms with Crippen LogP contribution < -0.4 is 0 Å². The van der Waals surface area contributed by atoms with Crippen molar-refractivity contribution in [3.8, 4) is 0 Å². The molecule has 2 nitrogen and oxygen atoms in total. The van der Waals surface area contributed by atoms with Gasteiger partial charge >= 0.3 is 5.97 Å². The molecule has 88 valence electrons. The van der Waals surface area contributed by atoms with E-state index in [0.29, 0.717) is 12.2 Å². The minimum absolute atomic E-state index is 0.209. The van der Waals surface area contributed by atoms with Crippen LogP contribution in [0.3, 0.4) is 0 Å². The van der Waals surface area contributed by atoms with Crippen molar-refractivity contribution in [3.63, 3.8) is 0 Å². The third-order valence-electron chi connectivity index (χ3n) is 2.58. The predicted molar refractivity (Wildman–Crippen MR) is 65.6 cm³/mol. The minimum atomic E-state index is -0.209. The maximum absolute atomic E-state index is 11.6. The number of carbonyl (C=O) groups excluding carboxylic acids is 1. The Hall–Kier alpha value is -1.31. The number of ether oxygens (including phenoxy) is 1. The van der Waals surface area contributed by atoms with Crippen LogP contribution in [0.25, 0.3) is 0 Å². The van der Waals surface area contributed by atoms with Crippen LogP contribution in [0.2, 0.25) is 0 Å². The van der Waals surface area contributed by atoms with Crippen molar-refractivity contribution in [3.05, 3.63) is 35.4 Å². The fourth-order valence-electron chi connectivity index (χ4n) is 1.48. The predicted octanol–water partition coefficient (Wildman–Crippen LogP) is 3.60. The Bertz CT molecular complexity index is 314. The van der Waals surface area contributed by atoms with Gasteiger partial charge < -0.3 is 4.74 Å². The molecule has 0 heterocycles. The smallest absolute Gasteiger partial charge is 0.338 e. The number of rotatable bonds is 6. The summed E-state index contributed by atoms with van der Waals surface area (Å²) in [6.45, 7) is 4.76. The SMILES string of the molecule is CCCCCOC(=O)c1ccc(CC)cc1. The fraction of sp³-hybridized carbons (Fsp3) is 0.500. The van der Waals surface area contributed by atoms with E-state index in [1.165, 1.54) is 5.56 Å². The highest BCUT2D eigenvalue weighted by atomic mass is 16.5. The average Bonchev–Trinajstić information content (AvgIpc) is 2.34. The van der Waals surface area contributed by atoms with Crippen LogP contribution >= 0.6 is 0 Å². The van der Waals surface area contributed by atoms with Gasteiger partial charge in [0, 0.05) is 0 Å². The first-order valence-electron chi connectivity index (χ1n) is 6.04. The maximum atomic E-state index is 11.6. The largest absolute Gasteiger partial charge is 0.462 e. The van der Waals surface area contributed by atoms with Gasteiger partial charge in [-0.15, -0.1) is 0 Å². The van der Waals surface area contributed by atoms with Crippen LogP contribution in [-0.4, -0.2) is 12.6 Å². The molecule has 0 unspecified atom stereocenters. The second kappa shape index (κ2) is 7.04. The molecule has 1 aromatic rings. The molecular weight excluding hydrogens is 200 g/mol. The van der Waals surface area contributed by atoms with Crippen molar-refractivity contribution in [2.75, 3.05) is 6.61 Å². The van der Waals surface area contributed by atoms with Gasteiger partial charge in [0.15, 0.2) is 0 Å². The number of unbranched alkanes of at least 4 members (excludes halogenated alkanes) is 2. The summed E-state index contributed by atoms with van der Waals surface area (Å²) in [5.74, 6) is -0.209. The van der Waals surface area contributed by atoms with Crippen LogP contribution in [0.15, 0.2) is 24.3 Å². The lowest BCUT2D eigenvalue weighted by atomic mass is 10.1. The molecule has 1 aromatic carbocycles. The topological polar surface area (TPSA) is 26.3 Å². The van der Waals surface area contributed by atoms with Gasteiger partial charge in [-0.2, -0.15) is 0 Å². The summed E-state index contributed by atoms with van der Waals surface area (Å²) >= 11 is 0. The molecule has 2 heteroatoms. The van der Waals surface area contributed by atoms with Crippen LogP contribution in [0.1, 0.15) is 49.0 Å². The van der Waals surface area contributed by atoms with Crippen LogP contribution in [0, 0.1) is 0 Å². The van der Waals surface area contributed by atoms with E-state index in [9.17, 15) is 4.79 Å². The van der Waals surface area contributed by atoms with E-state index in [1.54, 1.807) is 0 Å². The molecule has 0 fully saturated rings. The molecule has 0 aliphatic rings. The summed E-state index contributed by atoms with van der Waals surface area (Å²) in [5, 5.41) is 0. The Labute approximate surface area is 97.6 Å². The second-order valence-electron chi connectivity index (χ2n) is 3.89. The van der Waals surface area contributed by atoms with Gasteiger partial charge in [-0.25, -0.2) is 4.79 Å². The van der Waals surface area contributed by atoms with Gasteiger partial charge in [0.2, 0.25) is 0 Å². The summed E-state index contributed by atoms with van der Waals surface area (Å²) in [4.78, 5) is 11.6. The normalized spacial score (nSPS) is 10.1. The molecule has 0 aliphatic heterocycles. The van der Waals surface area contributed by atoms with Gasteiger partial charge in [-0.05, 0) is 30.5 Å². The zero-order valence-corrected chi connectivity index (χ0v) is 10.2. The lowest BCUT2D eigenvalue weighted by Crippen LogP contribution is -2.06. The summed E-state index contributed by atoms with van der Waals surface area (Å²) in [6, 6.07) is 7.62. The Morgan fingerprint density at radius 1 is 1.12 bits per heavy atom. The first kappa shape index (κ1) is 12.8. The molecule has 0 N–H and O–H groups in total. The zero-order valence-electron chi connectivity index (χ0n) is 10.2. The standard InChI is InChI=1S/C14H20O2/c1-3-5-6-11-16-14(15)13-9-7-12(4-2)8-10-13/h7-10H,3-6,11H2,1-2H3. The van der Waals surface area contributed by atoms with E-state index in [4.69, 9.17) is 4.74 Å². The van der Waals surface area contributed by atoms with Gasteiger partial charge in [-0.3, -0.25) is 0 Å². The van der Waals surface area contributed by atoms with E-state index in [2.05, 4.69) is 13.8 Å². The number of esters is 1. The van der Waals surface area contributed by atoms with E-state index in [1.807, 2.05) is 24.3 Å². The molecule has 16 heavy (non-hydrogen) atoms. The molecule has 1 rings (SSSR count). The lowest BCUT2D eigenvalue weighted by Gasteiger charge is -2.04. The van der Waals surface area contributed by atoms with Crippen molar-refractivity contribution in [1.82, 2.24) is 0 Å². The lowest BCUT2D eigenvalue weighted by molar-refractivity contribution is 0.0498. The fourth-order valence-corrected chi connectivity index (χ4v) is 1.48. The molecule has 0 bridgehead atoms. The van der Waals surface area contributed by atoms with Crippen LogP contribution in [-0.2, 0) is 11.2 Å². The Morgan fingerprint density at radius 2 is 1.81 bits per heavy atom. The molecule has 0 aromatic heterocycles. The van der Waals surface area contributed by atoms with E-state index < -0.39 is 0 Å². The van der Waals surface area contributed by atoms with Gasteiger partial charge in [0.25, 0.3) is 0 Å². The molecule has 0 amide bonds. The highest BCUT2D eigenvalue weighted by Gasteiger charge is 2.05. The number of hydrogen-bond acceptors (Lipinski definition) is 2. The van der Waals surface area contributed by atoms with E-state index >= 15 is 0 Å². The third-order valence-corrected chi connectivity index (χ3v) is 2.58. The molecule has 0 aliphatic carbocycles. The summed E-state index contributed by atoms with van der Waals surface area (Å²) in [7, 11) is 0. The minimum Gasteiger partial charge on any atom is -0.462 e. The molecule has 0 saturated carbocycles. The molecule has 0 saturated heterocycles. The number of carbonyl (C=O) groups is 1. The summed E-state index contributed by atoms with van der Waals surface area (Å²) in [5.41, 5.74) is 1.89. The van der Waals surface area contributed by atoms with Crippen LogP contribution in [0.4, 0.5) is 0 Å². The second-order valence-corrected chi connectivity index (χ2v) is 3.89. The number of benzene rings is 1. The van der Waals surface area contributed by atoms with Crippen molar-refractivity contribution in [2.45, 2.75) is 39.5 Å². The molecule has 0 radical (unpaired) electrons. The van der Waals surface area contributed by atoms with E-state index in [-0.39, 0.29) is 5.97 Å². The summed E-state index contributed by atoms with van der Waals surface area (Å²) < 4.78 is 5.16. The van der Waals surface area contributed by atoms with Crippen molar-refractivity contribution >= 4 is 5.97 Å². The monoisotopic (exact) mass is 220 g/mol. The third kappa shape index (κ3) is 4.05. The molecule has 0 atom stereocenters. The number of aryl methyl sites for hydroxylation is 1. The first-order valence-corrected chi connectivity index (χ1v) is 6.04. The highest BCUT2D eigenvalue weighted by molar-refractivity contribution is 5.89. The number of hydrogen-bond donors (Lipinski definition) is 0. The van der Waals surface area contributed by atoms with E-state index in [0.717, 1.165) is 25.7 Å².